The van der Waals surface area contributed by atoms with Gasteiger partial charge in [0.25, 0.3) is 0 Å². The minimum Gasteiger partial charge on any atom is -0.463 e. The van der Waals surface area contributed by atoms with Crippen LogP contribution in [0.1, 0.15) is 136 Å². The van der Waals surface area contributed by atoms with Gasteiger partial charge in [0.2, 0.25) is 0 Å². The highest BCUT2D eigenvalue weighted by Gasteiger charge is 2.35. The maximum absolute atomic E-state index is 13.1. The molecule has 0 aromatic heterocycles. The van der Waals surface area contributed by atoms with Crippen LogP contribution in [0.25, 0.3) is 0 Å². The summed E-state index contributed by atoms with van der Waals surface area (Å²) in [6, 6.07) is 0. The summed E-state index contributed by atoms with van der Waals surface area (Å²) in [5.41, 5.74) is 0. The third kappa shape index (κ3) is 11.8. The second-order valence-corrected chi connectivity index (χ2v) is 13.2. The second-order valence-electron chi connectivity index (χ2n) is 13.2. The number of rotatable bonds is 12. The Balaban J connectivity index is 1.53. The van der Waals surface area contributed by atoms with E-state index in [1.165, 1.54) is 103 Å². The van der Waals surface area contributed by atoms with Gasteiger partial charge in [-0.05, 0) is 82.5 Å². The molecule has 3 rings (SSSR count). The lowest BCUT2D eigenvalue weighted by Gasteiger charge is -2.31. The van der Waals surface area contributed by atoms with Crippen LogP contribution in [0, 0.1) is 65.1 Å². The number of hydrogen-bond donors (Lipinski definition) is 2. The number of ether oxygens (including phenoxy) is 1. The summed E-state index contributed by atoms with van der Waals surface area (Å²) in [5, 5.41) is 18.9. The lowest BCUT2D eigenvalue weighted by atomic mass is 9.73. The summed E-state index contributed by atoms with van der Waals surface area (Å²) in [4.78, 5) is 13.1. The molecule has 0 spiro atoms. The lowest BCUT2D eigenvalue weighted by molar-refractivity contribution is -0.155. The Morgan fingerprint density at radius 1 is 0.725 bits per heavy atom. The predicted molar refractivity (Wildman–Crippen MR) is 163 cm³/mol. The van der Waals surface area contributed by atoms with Crippen molar-refractivity contribution in [2.75, 3.05) is 13.2 Å². The van der Waals surface area contributed by atoms with E-state index in [9.17, 15) is 9.90 Å². The van der Waals surface area contributed by atoms with Crippen LogP contribution >= 0.6 is 0 Å². The molecule has 3 aliphatic rings. The van der Waals surface area contributed by atoms with E-state index in [0.29, 0.717) is 18.3 Å². The number of esters is 1. The monoisotopic (exact) mass is 554 g/mol. The maximum Gasteiger partial charge on any atom is 0.310 e. The van der Waals surface area contributed by atoms with Crippen molar-refractivity contribution in [1.82, 2.24) is 0 Å². The Morgan fingerprint density at radius 3 is 1.75 bits per heavy atom. The van der Waals surface area contributed by atoms with Gasteiger partial charge in [-0.15, -0.1) is 0 Å². The minimum atomic E-state index is -1.03. The number of unbranched alkanes of at least 4 members (excludes halogenated alkanes) is 4. The van der Waals surface area contributed by atoms with Crippen LogP contribution in [-0.2, 0) is 9.53 Å². The fraction of sp³-hybridized carbons (Fsp3) is 0.861. The quantitative estimate of drug-likeness (QED) is 0.147. The molecular formula is C36H58O4. The smallest absolute Gasteiger partial charge is 0.310 e. The molecule has 0 aromatic rings. The van der Waals surface area contributed by atoms with Crippen molar-refractivity contribution in [2.24, 2.45) is 41.4 Å². The number of aliphatic hydroxyl groups is 2. The van der Waals surface area contributed by atoms with Gasteiger partial charge in [0.1, 0.15) is 12.7 Å². The summed E-state index contributed by atoms with van der Waals surface area (Å²) in [6.45, 7) is 3.98. The molecule has 0 amide bonds. The summed E-state index contributed by atoms with van der Waals surface area (Å²) in [6.07, 6.45) is 22.3. The average Bonchev–Trinajstić information content (AvgIpc) is 2.99. The van der Waals surface area contributed by atoms with E-state index in [1.807, 2.05) is 0 Å². The van der Waals surface area contributed by atoms with Crippen molar-refractivity contribution in [2.45, 2.75) is 142 Å². The lowest BCUT2D eigenvalue weighted by Crippen LogP contribution is -2.33. The zero-order valence-corrected chi connectivity index (χ0v) is 25.7. The van der Waals surface area contributed by atoms with Crippen molar-refractivity contribution in [3.63, 3.8) is 0 Å². The third-order valence-electron chi connectivity index (χ3n) is 9.87. The van der Waals surface area contributed by atoms with E-state index < -0.39 is 12.7 Å². The van der Waals surface area contributed by atoms with Crippen LogP contribution in [0.5, 0.6) is 0 Å². The fourth-order valence-electron chi connectivity index (χ4n) is 7.09. The highest BCUT2D eigenvalue weighted by Crippen LogP contribution is 2.37. The van der Waals surface area contributed by atoms with Crippen LogP contribution in [0.4, 0.5) is 0 Å². The Bertz CT molecular complexity index is 828. The largest absolute Gasteiger partial charge is 0.463 e. The zero-order valence-electron chi connectivity index (χ0n) is 25.7. The van der Waals surface area contributed by atoms with E-state index in [1.54, 1.807) is 0 Å². The molecule has 4 nitrogen and oxygen atoms in total. The van der Waals surface area contributed by atoms with Crippen LogP contribution in [0.3, 0.4) is 0 Å². The highest BCUT2D eigenvalue weighted by atomic mass is 16.5. The highest BCUT2D eigenvalue weighted by molar-refractivity contribution is 5.73. The van der Waals surface area contributed by atoms with Gasteiger partial charge in [0, 0.05) is 23.7 Å². The molecule has 0 radical (unpaired) electrons. The zero-order chi connectivity index (χ0) is 28.6. The van der Waals surface area contributed by atoms with E-state index in [4.69, 9.17) is 9.84 Å². The molecule has 0 aromatic carbocycles. The first kappa shape index (κ1) is 33.0. The molecule has 226 valence electrons. The van der Waals surface area contributed by atoms with Gasteiger partial charge in [-0.1, -0.05) is 88.9 Å². The molecule has 0 heterocycles. The van der Waals surface area contributed by atoms with Gasteiger partial charge < -0.3 is 14.9 Å². The normalized spacial score (nSPS) is 31.2. The molecule has 2 N–H and O–H groups in total. The van der Waals surface area contributed by atoms with E-state index in [2.05, 4.69) is 37.5 Å². The topological polar surface area (TPSA) is 66.8 Å². The Labute approximate surface area is 245 Å². The Morgan fingerprint density at radius 2 is 1.23 bits per heavy atom. The van der Waals surface area contributed by atoms with Crippen molar-refractivity contribution >= 4 is 5.97 Å². The molecule has 3 aliphatic carbocycles. The van der Waals surface area contributed by atoms with Gasteiger partial charge in [-0.2, -0.15) is 0 Å². The summed E-state index contributed by atoms with van der Waals surface area (Å²) in [5.74, 6) is 16.6. The second kappa shape index (κ2) is 18.8. The van der Waals surface area contributed by atoms with Crippen LogP contribution in [0.15, 0.2) is 0 Å². The van der Waals surface area contributed by atoms with Crippen molar-refractivity contribution in [1.29, 1.82) is 0 Å². The Hall–Kier alpha value is -1.49. The SMILES string of the molecule is CCCCCC1CCC(C#CC2CCC(C#CC3CCC(CCCCC)CC3)C(C(=O)OCC(O)CO)C2)CC1. The van der Waals surface area contributed by atoms with Gasteiger partial charge in [-0.3, -0.25) is 4.79 Å². The molecule has 40 heavy (non-hydrogen) atoms. The molecule has 4 atom stereocenters. The van der Waals surface area contributed by atoms with Crippen LogP contribution in [-0.4, -0.2) is 35.5 Å². The fourth-order valence-corrected chi connectivity index (χ4v) is 7.09. The number of hydrogen-bond acceptors (Lipinski definition) is 4. The third-order valence-corrected chi connectivity index (χ3v) is 9.87. The van der Waals surface area contributed by atoms with E-state index >= 15 is 0 Å². The number of aliphatic hydroxyl groups excluding tert-OH is 2. The maximum atomic E-state index is 13.1. The number of carbonyl (C=O) groups excluding carboxylic acids is 1. The molecular weight excluding hydrogens is 496 g/mol. The molecule has 3 saturated carbocycles. The van der Waals surface area contributed by atoms with Gasteiger partial charge in [-0.25, -0.2) is 0 Å². The van der Waals surface area contributed by atoms with Crippen molar-refractivity contribution in [3.8, 4) is 23.7 Å². The average molecular weight is 555 g/mol. The minimum absolute atomic E-state index is 0.00217. The molecule has 0 saturated heterocycles. The predicted octanol–water partition coefficient (Wildman–Crippen LogP) is 7.70. The van der Waals surface area contributed by atoms with Crippen LogP contribution in [0.2, 0.25) is 0 Å². The molecule has 0 aliphatic heterocycles. The van der Waals surface area contributed by atoms with E-state index in [-0.39, 0.29) is 30.3 Å². The standard InChI is InChI=1S/C36H58O4/c1-3-5-7-9-28-11-15-30(16-12-28)19-20-32-22-24-33(35(25-32)36(39)40-27-34(38)26-37)23-21-31-17-13-29(14-18-31)10-8-6-4-2/h28-35,37-38H,3-18,22,24-27H2,1-2H3. The molecule has 4 unspecified atom stereocenters. The van der Waals surface area contributed by atoms with Gasteiger partial charge in [0.15, 0.2) is 0 Å². The van der Waals surface area contributed by atoms with Crippen molar-refractivity contribution in [3.05, 3.63) is 0 Å². The summed E-state index contributed by atoms with van der Waals surface area (Å²) >= 11 is 0. The van der Waals surface area contributed by atoms with E-state index in [0.717, 1.165) is 24.7 Å². The van der Waals surface area contributed by atoms with Crippen LogP contribution < -0.4 is 0 Å². The summed E-state index contributed by atoms with van der Waals surface area (Å²) in [7, 11) is 0. The first-order valence-corrected chi connectivity index (χ1v) is 17.0. The van der Waals surface area contributed by atoms with Crippen molar-refractivity contribution < 1.29 is 19.7 Å². The number of carbonyl (C=O) groups is 1. The van der Waals surface area contributed by atoms with Gasteiger partial charge >= 0.3 is 5.97 Å². The van der Waals surface area contributed by atoms with Gasteiger partial charge in [0.05, 0.1) is 12.5 Å². The first-order chi connectivity index (χ1) is 19.5. The molecule has 3 fully saturated rings. The molecule has 0 bridgehead atoms. The first-order valence-electron chi connectivity index (χ1n) is 17.0. The Kier molecular flexibility index (Phi) is 15.6. The molecule has 4 heteroatoms. The summed E-state index contributed by atoms with van der Waals surface area (Å²) < 4.78 is 5.45.